The Hall–Kier alpha value is -13.0. The van der Waals surface area contributed by atoms with Gasteiger partial charge in [-0.25, -0.2) is 0 Å². The van der Waals surface area contributed by atoms with Crippen molar-refractivity contribution in [3.05, 3.63) is 381 Å². The summed E-state index contributed by atoms with van der Waals surface area (Å²) < 4.78 is 159. The number of aromatic nitrogens is 1. The van der Waals surface area contributed by atoms with Gasteiger partial charge in [-0.3, -0.25) is 0 Å². The van der Waals surface area contributed by atoms with Gasteiger partial charge in [-0.2, -0.15) is 0 Å². The van der Waals surface area contributed by atoms with Crippen molar-refractivity contribution in [3.63, 3.8) is 0 Å². The Kier molecular flexibility index (Phi) is 11.9. The molecule has 6 heterocycles. The highest BCUT2D eigenvalue weighted by Gasteiger charge is 2.53. The molecular formula is C106H71B2N3S2. The van der Waals surface area contributed by atoms with Gasteiger partial charge >= 0.3 is 0 Å². The second-order valence-electron chi connectivity index (χ2n) is 30.5. The standard InChI is InChI=1S/C106H71B2N3S2/c1-106(2,3)79-62-90-96-91(63-79)111(102-83(72-45-25-10-26-46-72)57-77(68-37-17-6-18-38-68)58-84(102)73-47-27-11-28-48-73)92-65-93-98-105(113-95-61-78(69-39-19-7-20-40-69)60-94-99(95)108(98)100-103-86(80-51-31-32-52-88(80)109(93)103)64-85(104(100)112-94)74-49-29-12-30-50-74)97(92)107(96)87-54-53-75(66-33-13-4-14-34-66)59-89(87)110(90)101-81(70-41-21-8-22-42-70)55-76(67-35-15-5-16-36-67)56-82(101)71-43-23-9-24-44-71/h4-65H,1-3H3/i4D,13D,14D,31D,32D,33D,34D,51D,53D,54D,59D,60D,61D,64D,65D. The van der Waals surface area contributed by atoms with Crippen LogP contribution >= 0.6 is 23.5 Å². The molecule has 0 saturated carbocycles. The van der Waals surface area contributed by atoms with Crippen molar-refractivity contribution in [1.82, 2.24) is 4.57 Å². The summed E-state index contributed by atoms with van der Waals surface area (Å²) in [6, 6.07) is 89.1. The summed E-state index contributed by atoms with van der Waals surface area (Å²) in [5.41, 5.74) is 17.7. The van der Waals surface area contributed by atoms with Gasteiger partial charge in [-0.05, 0) is 194 Å². The van der Waals surface area contributed by atoms with Crippen molar-refractivity contribution < 1.29 is 20.6 Å². The van der Waals surface area contributed by atoms with Gasteiger partial charge in [-0.15, -0.1) is 0 Å². The molecule has 0 saturated heterocycles. The number of hydrogen-bond donors (Lipinski definition) is 0. The van der Waals surface area contributed by atoms with Gasteiger partial charge in [0.2, 0.25) is 0 Å². The van der Waals surface area contributed by atoms with E-state index in [9.17, 15) is 19.2 Å². The molecule has 0 N–H and O–H groups in total. The molecule has 0 spiro atoms. The summed E-state index contributed by atoms with van der Waals surface area (Å²) >= 11 is 2.71. The average Bonchev–Trinajstić information content (AvgIpc) is 1.29. The van der Waals surface area contributed by atoms with Crippen molar-refractivity contribution in [2.75, 3.05) is 9.80 Å². The molecule has 18 aromatic rings. The maximum Gasteiger partial charge on any atom is 0.253 e. The maximum absolute atomic E-state index is 12.6. The number of para-hydroxylation sites is 1. The summed E-state index contributed by atoms with van der Waals surface area (Å²) in [6.45, 7) is 4.13. The lowest BCUT2D eigenvalue weighted by atomic mass is 9.30. The van der Waals surface area contributed by atoms with Crippen LogP contribution in [-0.4, -0.2) is 18.0 Å². The van der Waals surface area contributed by atoms with Crippen molar-refractivity contribution in [1.29, 1.82) is 0 Å². The second-order valence-corrected chi connectivity index (χ2v) is 32.5. The summed E-state index contributed by atoms with van der Waals surface area (Å²) in [4.78, 5) is 6.53. The predicted molar refractivity (Wildman–Crippen MR) is 482 cm³/mol. The lowest BCUT2D eigenvalue weighted by Crippen LogP contribution is -2.66. The lowest BCUT2D eigenvalue weighted by molar-refractivity contribution is 0.590. The fraction of sp³-hybridized carbons (Fsp3) is 0.0377. The largest absolute Gasteiger partial charge is 0.310 e. The number of nitrogens with zero attached hydrogens (tertiary/aromatic N) is 3. The molecule has 23 rings (SSSR count). The van der Waals surface area contributed by atoms with Gasteiger partial charge in [0.15, 0.2) is 0 Å². The molecule has 5 aliphatic heterocycles. The zero-order valence-electron chi connectivity index (χ0n) is 76.4. The van der Waals surface area contributed by atoms with Crippen LogP contribution in [0.4, 0.5) is 34.1 Å². The summed E-state index contributed by atoms with van der Waals surface area (Å²) in [5.74, 6) is 0. The Bertz CT molecular complexity index is 7760. The van der Waals surface area contributed by atoms with E-state index in [1.165, 1.54) is 23.5 Å². The number of fused-ring (bicyclic) bond motifs is 9. The first-order valence-electron chi connectivity index (χ1n) is 45.6. The molecule has 5 aliphatic rings. The number of hydrogen-bond acceptors (Lipinski definition) is 4. The Labute approximate surface area is 689 Å². The highest BCUT2D eigenvalue weighted by Crippen LogP contribution is 2.58. The van der Waals surface area contributed by atoms with Crippen molar-refractivity contribution in [2.45, 2.75) is 45.8 Å². The fourth-order valence-electron chi connectivity index (χ4n) is 18.0. The molecule has 113 heavy (non-hydrogen) atoms. The van der Waals surface area contributed by atoms with E-state index in [-0.39, 0.29) is 70.1 Å². The number of anilines is 6. The van der Waals surface area contributed by atoms with Crippen LogP contribution < -0.4 is 42.6 Å². The second kappa shape index (κ2) is 25.8. The van der Waals surface area contributed by atoms with Crippen molar-refractivity contribution in [2.24, 2.45) is 0 Å². The first kappa shape index (κ1) is 52.2. The minimum absolute atomic E-state index is 0.0457. The van der Waals surface area contributed by atoms with Gasteiger partial charge in [0, 0.05) is 81.0 Å². The van der Waals surface area contributed by atoms with E-state index in [1.807, 2.05) is 174 Å². The van der Waals surface area contributed by atoms with Gasteiger partial charge in [0.1, 0.15) is 0 Å². The molecule has 0 fully saturated rings. The Morgan fingerprint density at radius 3 is 1.21 bits per heavy atom. The van der Waals surface area contributed by atoms with E-state index >= 15 is 0 Å². The third-order valence-electron chi connectivity index (χ3n) is 23.1. The lowest BCUT2D eigenvalue weighted by Gasteiger charge is -2.48. The quantitative estimate of drug-likeness (QED) is 0.120. The Morgan fingerprint density at radius 1 is 0.292 bits per heavy atom. The molecule has 7 heteroatoms. The molecule has 0 atom stereocenters. The maximum atomic E-state index is 12.6. The predicted octanol–water partition coefficient (Wildman–Crippen LogP) is 24.9. The number of rotatable bonds is 11. The molecule has 17 aromatic carbocycles. The summed E-state index contributed by atoms with van der Waals surface area (Å²) in [5, 5.41) is 0.570. The van der Waals surface area contributed by atoms with Gasteiger partial charge in [0.25, 0.3) is 13.4 Å². The fourth-order valence-corrected chi connectivity index (χ4v) is 20.7. The first-order chi connectivity index (χ1) is 62.0. The van der Waals surface area contributed by atoms with Crippen LogP contribution in [0.1, 0.15) is 46.9 Å². The van der Waals surface area contributed by atoms with Crippen molar-refractivity contribution >= 4 is 126 Å². The normalized spacial score (nSPS) is 15.0. The SMILES string of the molecule is [2H]c1cc2c(c([2H])c1[2H])c1c([2H])c(-c3ccccc3)c3c4c1n2-c1c([2H])c2c(c5c1B4c1c(c([2H])c(-c4ccccc4)c([2H])c1S3)S5)B1c3c(cc(C(C)(C)C)cc3N2c2c(-c3ccccc3)cc(-c3ccccc3)cc2-c2ccccc2)N(c2c(-c3ccccc3)cc(-c3ccccc3)cc2-c2ccccc2)c2c([2H])c(-c3c([2H])c([2H])c([2H])c([2H])c3[2H])c([2H])c([2H])c21. The highest BCUT2D eigenvalue weighted by molar-refractivity contribution is 8.01. The Balaban J connectivity index is 0.992. The van der Waals surface area contributed by atoms with Gasteiger partial charge in [0.05, 0.1) is 43.0 Å². The molecule has 3 nitrogen and oxygen atoms in total. The van der Waals surface area contributed by atoms with Gasteiger partial charge in [-0.1, -0.05) is 347 Å². The monoisotopic (exact) mass is 1490 g/mol. The highest BCUT2D eigenvalue weighted by atomic mass is 32.2. The third kappa shape index (κ3) is 10.3. The van der Waals surface area contributed by atoms with E-state index in [0.29, 0.717) is 125 Å². The molecular weight excluding hydrogens is 1400 g/mol. The van der Waals surface area contributed by atoms with Crippen LogP contribution in [0.2, 0.25) is 0 Å². The van der Waals surface area contributed by atoms with Crippen LogP contribution in [-0.2, 0) is 5.41 Å². The zero-order chi connectivity index (χ0) is 87.8. The topological polar surface area (TPSA) is 11.4 Å². The zero-order valence-corrected chi connectivity index (χ0v) is 63.1. The first-order valence-corrected chi connectivity index (χ1v) is 39.8. The molecule has 0 bridgehead atoms. The average molecular weight is 1490 g/mol. The van der Waals surface area contributed by atoms with Crippen LogP contribution in [0.25, 0.3) is 128 Å². The molecule has 528 valence electrons. The van der Waals surface area contributed by atoms with Crippen LogP contribution in [0, 0.1) is 0 Å². The smallest absolute Gasteiger partial charge is 0.253 e. The molecule has 1 aromatic heterocycles. The third-order valence-corrected chi connectivity index (χ3v) is 25.4. The number of benzene rings is 17. The molecule has 0 aliphatic carbocycles. The Morgan fingerprint density at radius 2 is 0.726 bits per heavy atom. The van der Waals surface area contributed by atoms with Gasteiger partial charge < -0.3 is 14.4 Å². The van der Waals surface area contributed by atoms with E-state index in [0.717, 1.165) is 61.2 Å². The molecule has 0 unspecified atom stereocenters. The van der Waals surface area contributed by atoms with Crippen LogP contribution in [0.15, 0.2) is 395 Å². The van der Waals surface area contributed by atoms with Crippen LogP contribution in [0.5, 0.6) is 0 Å². The molecule has 0 amide bonds. The van der Waals surface area contributed by atoms with E-state index in [1.54, 1.807) is 6.07 Å². The molecule has 0 radical (unpaired) electrons. The van der Waals surface area contributed by atoms with Crippen molar-refractivity contribution in [3.8, 4) is 106 Å². The van der Waals surface area contributed by atoms with E-state index < -0.39 is 72.7 Å². The summed E-state index contributed by atoms with van der Waals surface area (Å²) in [6.07, 6.45) is 0. The van der Waals surface area contributed by atoms with E-state index in [2.05, 4.69) is 140 Å². The van der Waals surface area contributed by atoms with E-state index in [4.69, 9.17) is 1.37 Å². The minimum atomic E-state index is -1.33. The summed E-state index contributed by atoms with van der Waals surface area (Å²) in [7, 11) is 0. The minimum Gasteiger partial charge on any atom is -0.310 e. The van der Waals surface area contributed by atoms with Crippen LogP contribution in [0.3, 0.4) is 0 Å².